The average Bonchev–Trinajstić information content (AvgIpc) is 2.22. The van der Waals surface area contributed by atoms with Crippen LogP contribution in [0.3, 0.4) is 0 Å². The van der Waals surface area contributed by atoms with Crippen LogP contribution in [-0.2, 0) is 6.54 Å². The Bertz CT molecular complexity index is 629. The van der Waals surface area contributed by atoms with Crippen molar-refractivity contribution in [3.63, 3.8) is 0 Å². The quantitative estimate of drug-likeness (QED) is 0.866. The van der Waals surface area contributed by atoms with Crippen LogP contribution in [0, 0.1) is 13.8 Å². The number of nitrogens with zero attached hydrogens (tertiary/aromatic N) is 2. The third kappa shape index (κ3) is 2.79. The molecule has 2 aromatic rings. The molecule has 0 radical (unpaired) electrons. The van der Waals surface area contributed by atoms with E-state index in [4.69, 9.17) is 5.73 Å². The van der Waals surface area contributed by atoms with Crippen LogP contribution < -0.4 is 11.4 Å². The molecule has 0 atom stereocenters. The largest absolute Gasteiger partial charge is 0.399 e. The summed E-state index contributed by atoms with van der Waals surface area (Å²) < 4.78 is 2.54. The number of aromatic nitrogens is 2. The topological polar surface area (TPSA) is 60.9 Å². The van der Waals surface area contributed by atoms with E-state index in [1.54, 1.807) is 4.57 Å². The van der Waals surface area contributed by atoms with Gasteiger partial charge in [-0.15, -0.1) is 0 Å². The molecule has 0 fully saturated rings. The van der Waals surface area contributed by atoms with Crippen molar-refractivity contribution in [3.8, 4) is 0 Å². The first kappa shape index (κ1) is 12.8. The molecule has 0 saturated carbocycles. The zero-order valence-corrected chi connectivity index (χ0v) is 11.9. The minimum absolute atomic E-state index is 0.231. The summed E-state index contributed by atoms with van der Waals surface area (Å²) in [5.74, 6) is 0. The van der Waals surface area contributed by atoms with Crippen LogP contribution in [0.4, 0.5) is 5.69 Å². The van der Waals surface area contributed by atoms with Gasteiger partial charge < -0.3 is 5.73 Å². The highest BCUT2D eigenvalue weighted by Gasteiger charge is 2.05. The maximum Gasteiger partial charge on any atom is 0.348 e. The van der Waals surface area contributed by atoms with E-state index in [2.05, 4.69) is 20.9 Å². The molecular weight excluding hydrogens is 294 g/mol. The highest BCUT2D eigenvalue weighted by atomic mass is 79.9. The van der Waals surface area contributed by atoms with E-state index in [-0.39, 0.29) is 5.69 Å². The molecule has 0 amide bonds. The first-order valence-electron chi connectivity index (χ1n) is 5.56. The summed E-state index contributed by atoms with van der Waals surface area (Å²) in [7, 11) is 0. The summed E-state index contributed by atoms with van der Waals surface area (Å²) in [6, 6.07) is 7.52. The second kappa shape index (κ2) is 4.94. The number of hydrogen-bond acceptors (Lipinski definition) is 3. The van der Waals surface area contributed by atoms with Crippen molar-refractivity contribution in [2.75, 3.05) is 5.73 Å². The van der Waals surface area contributed by atoms with Crippen LogP contribution in [0.2, 0.25) is 0 Å². The molecule has 0 saturated heterocycles. The van der Waals surface area contributed by atoms with Gasteiger partial charge in [0.2, 0.25) is 0 Å². The first-order chi connectivity index (χ1) is 8.45. The number of anilines is 1. The van der Waals surface area contributed by atoms with E-state index in [1.807, 2.05) is 38.1 Å². The number of benzene rings is 1. The summed E-state index contributed by atoms with van der Waals surface area (Å²) in [5.41, 5.74) is 8.82. The second-order valence-electron chi connectivity index (χ2n) is 4.30. The molecule has 0 aliphatic rings. The van der Waals surface area contributed by atoms with Crippen molar-refractivity contribution in [1.29, 1.82) is 0 Å². The van der Waals surface area contributed by atoms with Crippen molar-refractivity contribution < 1.29 is 0 Å². The normalized spacial score (nSPS) is 10.6. The molecule has 1 aromatic heterocycles. The van der Waals surface area contributed by atoms with E-state index < -0.39 is 0 Å². The Morgan fingerprint density at radius 2 is 2.00 bits per heavy atom. The Labute approximate surface area is 114 Å². The molecule has 0 bridgehead atoms. The maximum atomic E-state index is 11.8. The standard InChI is InChI=1S/C13H14BrN3O/c1-8-3-9(2)17(13(18)16-8)7-10-4-11(14)6-12(15)5-10/h3-6H,7,15H2,1-2H3. The molecule has 5 heteroatoms. The van der Waals surface area contributed by atoms with Gasteiger partial charge in [-0.05, 0) is 43.7 Å². The third-order valence-electron chi connectivity index (χ3n) is 2.67. The predicted octanol–water partition coefficient (Wildman–Crippen LogP) is 2.25. The lowest BCUT2D eigenvalue weighted by Gasteiger charge is -2.10. The lowest BCUT2D eigenvalue weighted by Crippen LogP contribution is -2.26. The van der Waals surface area contributed by atoms with Gasteiger partial charge >= 0.3 is 5.69 Å². The van der Waals surface area contributed by atoms with Crippen molar-refractivity contribution >= 4 is 21.6 Å². The summed E-state index contributed by atoms with van der Waals surface area (Å²) in [4.78, 5) is 15.8. The molecular formula is C13H14BrN3O. The Hall–Kier alpha value is -1.62. The van der Waals surface area contributed by atoms with Gasteiger partial charge in [-0.1, -0.05) is 15.9 Å². The maximum absolute atomic E-state index is 11.8. The average molecular weight is 308 g/mol. The molecule has 0 aliphatic carbocycles. The van der Waals surface area contributed by atoms with Crippen molar-refractivity contribution in [2.24, 2.45) is 0 Å². The number of rotatable bonds is 2. The molecule has 1 aromatic carbocycles. The van der Waals surface area contributed by atoms with Crippen molar-refractivity contribution in [1.82, 2.24) is 9.55 Å². The zero-order chi connectivity index (χ0) is 13.3. The molecule has 0 aliphatic heterocycles. The minimum atomic E-state index is -0.231. The van der Waals surface area contributed by atoms with Gasteiger partial charge in [0.25, 0.3) is 0 Å². The fraction of sp³-hybridized carbons (Fsp3) is 0.231. The highest BCUT2D eigenvalue weighted by molar-refractivity contribution is 9.10. The highest BCUT2D eigenvalue weighted by Crippen LogP contribution is 2.18. The molecule has 0 unspecified atom stereocenters. The molecule has 2 N–H and O–H groups in total. The third-order valence-corrected chi connectivity index (χ3v) is 3.12. The number of hydrogen-bond donors (Lipinski definition) is 1. The van der Waals surface area contributed by atoms with E-state index in [0.29, 0.717) is 12.2 Å². The molecule has 18 heavy (non-hydrogen) atoms. The van der Waals surface area contributed by atoms with E-state index in [1.165, 1.54) is 0 Å². The lowest BCUT2D eigenvalue weighted by atomic mass is 10.2. The summed E-state index contributed by atoms with van der Waals surface area (Å²) in [6.07, 6.45) is 0. The van der Waals surface area contributed by atoms with Crippen LogP contribution in [-0.4, -0.2) is 9.55 Å². The van der Waals surface area contributed by atoms with E-state index in [9.17, 15) is 4.79 Å². The summed E-state index contributed by atoms with van der Waals surface area (Å²) in [6.45, 7) is 4.19. The molecule has 4 nitrogen and oxygen atoms in total. The summed E-state index contributed by atoms with van der Waals surface area (Å²) in [5, 5.41) is 0. The SMILES string of the molecule is Cc1cc(C)n(Cc2cc(N)cc(Br)c2)c(=O)n1. The minimum Gasteiger partial charge on any atom is -0.399 e. The number of halogens is 1. The Balaban J connectivity index is 2.43. The molecule has 1 heterocycles. The van der Waals surface area contributed by atoms with Gasteiger partial charge in [0.1, 0.15) is 0 Å². The first-order valence-corrected chi connectivity index (χ1v) is 6.35. The zero-order valence-electron chi connectivity index (χ0n) is 10.3. The second-order valence-corrected chi connectivity index (χ2v) is 5.22. The molecule has 0 spiro atoms. The molecule has 2 rings (SSSR count). The fourth-order valence-corrected chi connectivity index (χ4v) is 2.47. The van der Waals surface area contributed by atoms with E-state index in [0.717, 1.165) is 21.4 Å². The van der Waals surface area contributed by atoms with Crippen molar-refractivity contribution in [2.45, 2.75) is 20.4 Å². The van der Waals surface area contributed by atoms with Crippen LogP contribution >= 0.6 is 15.9 Å². The van der Waals surface area contributed by atoms with Crippen molar-refractivity contribution in [3.05, 3.63) is 56.2 Å². The number of aryl methyl sites for hydroxylation is 2. The van der Waals surface area contributed by atoms with Gasteiger partial charge in [0.05, 0.1) is 6.54 Å². The van der Waals surface area contributed by atoms with Crippen LogP contribution in [0.5, 0.6) is 0 Å². The van der Waals surface area contributed by atoms with Gasteiger partial charge in [-0.2, -0.15) is 4.98 Å². The molecule has 94 valence electrons. The van der Waals surface area contributed by atoms with Crippen LogP contribution in [0.1, 0.15) is 17.0 Å². The fourth-order valence-electron chi connectivity index (χ4n) is 1.92. The van der Waals surface area contributed by atoms with Crippen LogP contribution in [0.25, 0.3) is 0 Å². The number of nitrogen functional groups attached to an aromatic ring is 1. The van der Waals surface area contributed by atoms with E-state index >= 15 is 0 Å². The Morgan fingerprint density at radius 3 is 2.61 bits per heavy atom. The van der Waals surface area contributed by atoms with Gasteiger partial charge in [0, 0.05) is 21.5 Å². The number of nitrogens with two attached hydrogens (primary N) is 1. The monoisotopic (exact) mass is 307 g/mol. The van der Waals surface area contributed by atoms with Gasteiger partial charge in [-0.3, -0.25) is 4.57 Å². The smallest absolute Gasteiger partial charge is 0.348 e. The predicted molar refractivity (Wildman–Crippen MR) is 75.6 cm³/mol. The lowest BCUT2D eigenvalue weighted by molar-refractivity contribution is 0.694. The summed E-state index contributed by atoms with van der Waals surface area (Å²) >= 11 is 3.39. The Morgan fingerprint density at radius 1 is 1.28 bits per heavy atom. The van der Waals surface area contributed by atoms with Crippen LogP contribution in [0.15, 0.2) is 33.5 Å². The Kier molecular flexibility index (Phi) is 3.52. The van der Waals surface area contributed by atoms with Gasteiger partial charge in [-0.25, -0.2) is 4.79 Å². The van der Waals surface area contributed by atoms with Gasteiger partial charge in [0.15, 0.2) is 0 Å².